The fourth-order valence-electron chi connectivity index (χ4n) is 2.02. The standard InChI is InChI=1S/C16H18FN3O/c1-10-3-4-11(2)15(7-10)19-9-13-6-5-12(8-14(13)17)16(18)20-21/h3-8,19,21H,9H2,1-2H3,(H2,18,20). The lowest BCUT2D eigenvalue weighted by Gasteiger charge is -2.11. The Morgan fingerprint density at radius 2 is 2.00 bits per heavy atom. The quantitative estimate of drug-likeness (QED) is 0.350. The van der Waals surface area contributed by atoms with Gasteiger partial charge in [0, 0.05) is 23.4 Å². The molecular formula is C16H18FN3O. The average molecular weight is 287 g/mol. The largest absolute Gasteiger partial charge is 0.409 e. The Balaban J connectivity index is 2.15. The molecule has 0 heterocycles. The van der Waals surface area contributed by atoms with Gasteiger partial charge in [0.2, 0.25) is 0 Å². The van der Waals surface area contributed by atoms with E-state index in [0.29, 0.717) is 17.7 Å². The summed E-state index contributed by atoms with van der Waals surface area (Å²) in [4.78, 5) is 0. The predicted octanol–water partition coefficient (Wildman–Crippen LogP) is 3.15. The zero-order valence-electron chi connectivity index (χ0n) is 12.0. The number of nitrogens with one attached hydrogen (secondary N) is 1. The van der Waals surface area contributed by atoms with Gasteiger partial charge in [-0.2, -0.15) is 0 Å². The van der Waals surface area contributed by atoms with Gasteiger partial charge in [-0.05, 0) is 37.1 Å². The van der Waals surface area contributed by atoms with Gasteiger partial charge in [0.25, 0.3) is 0 Å². The third kappa shape index (κ3) is 3.51. The van der Waals surface area contributed by atoms with Crippen LogP contribution in [0, 0.1) is 19.7 Å². The summed E-state index contributed by atoms with van der Waals surface area (Å²) in [5.41, 5.74) is 9.54. The zero-order valence-corrected chi connectivity index (χ0v) is 12.0. The van der Waals surface area contributed by atoms with E-state index in [1.807, 2.05) is 32.0 Å². The molecule has 0 unspecified atom stereocenters. The number of oxime groups is 1. The molecule has 0 aromatic heterocycles. The second kappa shape index (κ2) is 6.26. The smallest absolute Gasteiger partial charge is 0.170 e. The Morgan fingerprint density at radius 1 is 1.24 bits per heavy atom. The van der Waals surface area contributed by atoms with Gasteiger partial charge in [-0.3, -0.25) is 0 Å². The van der Waals surface area contributed by atoms with E-state index < -0.39 is 5.82 Å². The van der Waals surface area contributed by atoms with E-state index in [1.165, 1.54) is 6.07 Å². The number of rotatable bonds is 4. The maximum absolute atomic E-state index is 14.0. The molecule has 0 spiro atoms. The predicted molar refractivity (Wildman–Crippen MR) is 82.2 cm³/mol. The maximum Gasteiger partial charge on any atom is 0.170 e. The molecule has 0 fully saturated rings. The summed E-state index contributed by atoms with van der Waals surface area (Å²) in [7, 11) is 0. The number of hydrogen-bond donors (Lipinski definition) is 3. The number of amidine groups is 1. The SMILES string of the molecule is Cc1ccc(C)c(NCc2ccc(C(N)=NO)cc2F)c1. The summed E-state index contributed by atoms with van der Waals surface area (Å²) in [5.74, 6) is -0.500. The van der Waals surface area contributed by atoms with Crippen molar-refractivity contribution >= 4 is 11.5 Å². The molecule has 0 aliphatic heterocycles. The minimum absolute atomic E-state index is 0.108. The van der Waals surface area contributed by atoms with Crippen LogP contribution in [0.5, 0.6) is 0 Å². The Bertz CT molecular complexity index is 683. The van der Waals surface area contributed by atoms with Crippen LogP contribution in [0.15, 0.2) is 41.6 Å². The van der Waals surface area contributed by atoms with Crippen LogP contribution >= 0.6 is 0 Å². The first-order chi connectivity index (χ1) is 10.0. The highest BCUT2D eigenvalue weighted by molar-refractivity contribution is 5.97. The van der Waals surface area contributed by atoms with E-state index in [-0.39, 0.29) is 5.84 Å². The van der Waals surface area contributed by atoms with Crippen molar-refractivity contribution in [2.45, 2.75) is 20.4 Å². The average Bonchev–Trinajstić information content (AvgIpc) is 2.48. The van der Waals surface area contributed by atoms with Gasteiger partial charge in [0.15, 0.2) is 5.84 Å². The first-order valence-corrected chi connectivity index (χ1v) is 6.58. The van der Waals surface area contributed by atoms with Crippen molar-refractivity contribution in [2.24, 2.45) is 10.9 Å². The zero-order chi connectivity index (χ0) is 15.4. The monoisotopic (exact) mass is 287 g/mol. The molecule has 0 aliphatic rings. The van der Waals surface area contributed by atoms with Gasteiger partial charge in [0.05, 0.1) is 0 Å². The Hall–Kier alpha value is -2.56. The van der Waals surface area contributed by atoms with Crippen molar-refractivity contribution in [1.29, 1.82) is 0 Å². The highest BCUT2D eigenvalue weighted by atomic mass is 19.1. The highest BCUT2D eigenvalue weighted by Gasteiger charge is 2.07. The van der Waals surface area contributed by atoms with Crippen LogP contribution in [-0.2, 0) is 6.54 Å². The van der Waals surface area contributed by atoms with Crippen molar-refractivity contribution in [3.8, 4) is 0 Å². The van der Waals surface area contributed by atoms with E-state index in [2.05, 4.69) is 10.5 Å². The van der Waals surface area contributed by atoms with Crippen molar-refractivity contribution in [2.75, 3.05) is 5.32 Å². The van der Waals surface area contributed by atoms with Crippen molar-refractivity contribution < 1.29 is 9.60 Å². The molecule has 4 nitrogen and oxygen atoms in total. The normalized spacial score (nSPS) is 11.5. The Morgan fingerprint density at radius 3 is 2.67 bits per heavy atom. The minimum Gasteiger partial charge on any atom is -0.409 e. The van der Waals surface area contributed by atoms with Gasteiger partial charge in [-0.25, -0.2) is 4.39 Å². The van der Waals surface area contributed by atoms with E-state index in [0.717, 1.165) is 16.8 Å². The number of hydrogen-bond acceptors (Lipinski definition) is 3. The molecule has 0 saturated heterocycles. The molecule has 0 atom stereocenters. The number of nitrogens with two attached hydrogens (primary N) is 1. The second-order valence-corrected chi connectivity index (χ2v) is 4.96. The molecule has 2 aromatic rings. The lowest BCUT2D eigenvalue weighted by Crippen LogP contribution is -2.14. The molecule has 21 heavy (non-hydrogen) atoms. The van der Waals surface area contributed by atoms with Gasteiger partial charge in [-0.1, -0.05) is 29.4 Å². The summed E-state index contributed by atoms with van der Waals surface area (Å²) in [6, 6.07) is 10.6. The van der Waals surface area contributed by atoms with E-state index >= 15 is 0 Å². The van der Waals surface area contributed by atoms with Gasteiger partial charge < -0.3 is 16.3 Å². The number of aryl methyl sites for hydroxylation is 2. The molecule has 0 aliphatic carbocycles. The van der Waals surface area contributed by atoms with Crippen LogP contribution in [0.2, 0.25) is 0 Å². The van der Waals surface area contributed by atoms with E-state index in [1.54, 1.807) is 12.1 Å². The molecule has 2 rings (SSSR count). The van der Waals surface area contributed by atoms with E-state index in [4.69, 9.17) is 10.9 Å². The summed E-state index contributed by atoms with van der Waals surface area (Å²) in [6.45, 7) is 4.38. The summed E-state index contributed by atoms with van der Waals surface area (Å²) in [6.07, 6.45) is 0. The van der Waals surface area contributed by atoms with Gasteiger partial charge in [0.1, 0.15) is 5.82 Å². The van der Waals surface area contributed by atoms with Crippen LogP contribution in [0.4, 0.5) is 10.1 Å². The van der Waals surface area contributed by atoms with Crippen molar-refractivity contribution in [1.82, 2.24) is 0 Å². The van der Waals surface area contributed by atoms with Crippen molar-refractivity contribution in [3.05, 3.63) is 64.5 Å². The third-order valence-corrected chi connectivity index (χ3v) is 3.32. The molecule has 2 aromatic carbocycles. The molecule has 0 radical (unpaired) electrons. The molecule has 0 saturated carbocycles. The fraction of sp³-hybridized carbons (Fsp3) is 0.188. The third-order valence-electron chi connectivity index (χ3n) is 3.32. The topological polar surface area (TPSA) is 70.6 Å². The number of benzene rings is 2. The highest BCUT2D eigenvalue weighted by Crippen LogP contribution is 2.18. The number of anilines is 1. The van der Waals surface area contributed by atoms with Crippen LogP contribution in [0.3, 0.4) is 0 Å². The van der Waals surface area contributed by atoms with E-state index in [9.17, 15) is 4.39 Å². The molecule has 0 amide bonds. The first-order valence-electron chi connectivity index (χ1n) is 6.58. The molecule has 5 heteroatoms. The Kier molecular flexibility index (Phi) is 4.42. The number of nitrogens with zero attached hydrogens (tertiary/aromatic N) is 1. The van der Waals surface area contributed by atoms with Crippen LogP contribution < -0.4 is 11.1 Å². The number of halogens is 1. The minimum atomic E-state index is -0.392. The first kappa shape index (κ1) is 14.8. The Labute approximate surface area is 123 Å². The second-order valence-electron chi connectivity index (χ2n) is 4.96. The lowest BCUT2D eigenvalue weighted by molar-refractivity contribution is 0.318. The maximum atomic E-state index is 14.0. The molecule has 0 bridgehead atoms. The van der Waals surface area contributed by atoms with Gasteiger partial charge >= 0.3 is 0 Å². The van der Waals surface area contributed by atoms with Crippen molar-refractivity contribution in [3.63, 3.8) is 0 Å². The van der Waals surface area contributed by atoms with Crippen LogP contribution in [0.1, 0.15) is 22.3 Å². The summed E-state index contributed by atoms with van der Waals surface area (Å²) >= 11 is 0. The molecule has 110 valence electrons. The summed E-state index contributed by atoms with van der Waals surface area (Å²) in [5, 5.41) is 14.7. The lowest BCUT2D eigenvalue weighted by atomic mass is 10.1. The van der Waals surface area contributed by atoms with Crippen LogP contribution in [0.25, 0.3) is 0 Å². The van der Waals surface area contributed by atoms with Gasteiger partial charge in [-0.15, -0.1) is 0 Å². The fourth-order valence-corrected chi connectivity index (χ4v) is 2.02. The summed E-state index contributed by atoms with van der Waals surface area (Å²) < 4.78 is 14.0. The molecule has 4 N–H and O–H groups in total. The van der Waals surface area contributed by atoms with Crippen LogP contribution in [-0.4, -0.2) is 11.0 Å². The molecular weight excluding hydrogens is 269 g/mol.